The molecule has 0 saturated carbocycles. The van der Waals surface area contributed by atoms with Gasteiger partial charge < -0.3 is 10.1 Å². The average molecular weight is 213 g/mol. The van der Waals surface area contributed by atoms with E-state index in [9.17, 15) is 0 Å². The number of hydrogen-bond donors (Lipinski definition) is 1. The minimum Gasteiger partial charge on any atom is -0.377 e. The van der Waals surface area contributed by atoms with E-state index < -0.39 is 0 Å². The lowest BCUT2D eigenvalue weighted by Crippen LogP contribution is -2.24. The Labute approximate surface area is 90.3 Å². The van der Waals surface area contributed by atoms with Crippen molar-refractivity contribution in [2.24, 2.45) is 0 Å². The average Bonchev–Trinajstić information content (AvgIpc) is 2.63. The maximum atomic E-state index is 5.53. The fraction of sp³-hybridized carbons (Fsp3) is 0.636. The van der Waals surface area contributed by atoms with Crippen LogP contribution in [0.25, 0.3) is 0 Å². The largest absolute Gasteiger partial charge is 0.377 e. The molecule has 1 aromatic heterocycles. The summed E-state index contributed by atoms with van der Waals surface area (Å²) < 4.78 is 5.53. The van der Waals surface area contributed by atoms with Crippen LogP contribution in [0.15, 0.2) is 16.8 Å². The first-order valence-electron chi connectivity index (χ1n) is 5.11. The van der Waals surface area contributed by atoms with Crippen molar-refractivity contribution >= 4 is 11.3 Å². The number of nitrogens with one attached hydrogen (secondary N) is 1. The summed E-state index contributed by atoms with van der Waals surface area (Å²) in [6.07, 6.45) is 1.09. The molecular weight excluding hydrogens is 194 g/mol. The Kier molecular flexibility index (Phi) is 5.83. The van der Waals surface area contributed by atoms with Gasteiger partial charge in [0.1, 0.15) is 0 Å². The molecule has 1 heterocycles. The first-order chi connectivity index (χ1) is 6.79. The van der Waals surface area contributed by atoms with Gasteiger partial charge in [-0.05, 0) is 35.4 Å². The molecule has 1 N–H and O–H groups in total. The van der Waals surface area contributed by atoms with Crippen LogP contribution >= 0.6 is 11.3 Å². The zero-order chi connectivity index (χ0) is 10.2. The molecule has 0 unspecified atom stereocenters. The van der Waals surface area contributed by atoms with E-state index in [-0.39, 0.29) is 0 Å². The molecule has 0 atom stereocenters. The third-order valence-electron chi connectivity index (χ3n) is 1.87. The fourth-order valence-corrected chi connectivity index (χ4v) is 1.78. The molecule has 0 aliphatic heterocycles. The van der Waals surface area contributed by atoms with Crippen LogP contribution in [0, 0.1) is 0 Å². The predicted molar refractivity (Wildman–Crippen MR) is 61.7 cm³/mol. The van der Waals surface area contributed by atoms with Crippen LogP contribution < -0.4 is 5.32 Å². The van der Waals surface area contributed by atoms with Crippen LogP contribution in [0.4, 0.5) is 0 Å². The molecule has 0 bridgehead atoms. The highest BCUT2D eigenvalue weighted by Gasteiger charge is 1.94. The normalized spacial score (nSPS) is 11.1. The van der Waals surface area contributed by atoms with Gasteiger partial charge in [-0.2, -0.15) is 11.3 Å². The molecule has 2 nitrogen and oxygen atoms in total. The van der Waals surface area contributed by atoms with E-state index in [1.54, 1.807) is 11.3 Å². The molecule has 3 heteroatoms. The van der Waals surface area contributed by atoms with Crippen molar-refractivity contribution < 1.29 is 4.74 Å². The monoisotopic (exact) mass is 213 g/mol. The minimum atomic E-state index is 0.576. The zero-order valence-corrected chi connectivity index (χ0v) is 9.77. The van der Waals surface area contributed by atoms with Crippen molar-refractivity contribution in [3.8, 4) is 0 Å². The van der Waals surface area contributed by atoms with Gasteiger partial charge in [0.2, 0.25) is 0 Å². The van der Waals surface area contributed by atoms with Crippen molar-refractivity contribution in [2.75, 3.05) is 13.2 Å². The van der Waals surface area contributed by atoms with E-state index in [0.717, 1.165) is 26.2 Å². The van der Waals surface area contributed by atoms with E-state index in [4.69, 9.17) is 4.74 Å². The van der Waals surface area contributed by atoms with Crippen LogP contribution in [0.2, 0.25) is 0 Å². The summed E-state index contributed by atoms with van der Waals surface area (Å²) in [7, 11) is 0. The number of ether oxygens (including phenoxy) is 1. The van der Waals surface area contributed by atoms with Gasteiger partial charge in [0.15, 0.2) is 0 Å². The van der Waals surface area contributed by atoms with Gasteiger partial charge in [-0.3, -0.25) is 0 Å². The maximum absolute atomic E-state index is 5.53. The molecule has 1 aromatic rings. The molecule has 0 aliphatic rings. The minimum absolute atomic E-state index is 0.576. The Morgan fingerprint density at radius 2 is 2.36 bits per heavy atom. The van der Waals surface area contributed by atoms with Crippen LogP contribution in [-0.4, -0.2) is 19.2 Å². The molecule has 0 aromatic carbocycles. The highest BCUT2D eigenvalue weighted by atomic mass is 32.1. The molecular formula is C11H19NOS. The lowest BCUT2D eigenvalue weighted by atomic mass is 10.3. The first-order valence-corrected chi connectivity index (χ1v) is 6.05. The lowest BCUT2D eigenvalue weighted by Gasteiger charge is -2.07. The lowest BCUT2D eigenvalue weighted by molar-refractivity contribution is 0.118. The summed E-state index contributed by atoms with van der Waals surface area (Å²) in [6.45, 7) is 6.96. The summed E-state index contributed by atoms with van der Waals surface area (Å²) >= 11 is 1.72. The second-order valence-corrected chi connectivity index (χ2v) is 4.43. The summed E-state index contributed by atoms with van der Waals surface area (Å²) in [5, 5.41) is 7.57. The van der Waals surface area contributed by atoms with Crippen LogP contribution in [0.1, 0.15) is 25.8 Å². The summed E-state index contributed by atoms with van der Waals surface area (Å²) in [5.74, 6) is 0. The number of thiophene rings is 1. The Bertz CT molecular complexity index is 221. The molecule has 14 heavy (non-hydrogen) atoms. The molecule has 0 radical (unpaired) electrons. The highest BCUT2D eigenvalue weighted by Crippen LogP contribution is 2.06. The molecule has 1 rings (SSSR count). The van der Waals surface area contributed by atoms with Gasteiger partial charge >= 0.3 is 0 Å². The second-order valence-electron chi connectivity index (χ2n) is 3.65. The first kappa shape index (κ1) is 11.7. The smallest absolute Gasteiger partial charge is 0.0724 e. The van der Waals surface area contributed by atoms with E-state index >= 15 is 0 Å². The highest BCUT2D eigenvalue weighted by molar-refractivity contribution is 7.07. The fourth-order valence-electron chi connectivity index (χ4n) is 1.13. The van der Waals surface area contributed by atoms with Crippen molar-refractivity contribution in [3.63, 3.8) is 0 Å². The van der Waals surface area contributed by atoms with Gasteiger partial charge in [-0.15, -0.1) is 0 Å². The Hall–Kier alpha value is -0.380. The van der Waals surface area contributed by atoms with Crippen molar-refractivity contribution in [3.05, 3.63) is 22.4 Å². The van der Waals surface area contributed by atoms with Crippen LogP contribution in [0.5, 0.6) is 0 Å². The number of rotatable bonds is 7. The summed E-state index contributed by atoms with van der Waals surface area (Å²) in [6, 6.07) is 2.68. The Morgan fingerprint density at radius 3 is 3.00 bits per heavy atom. The van der Waals surface area contributed by atoms with E-state index in [2.05, 4.69) is 36.0 Å². The third-order valence-corrected chi connectivity index (χ3v) is 2.60. The van der Waals surface area contributed by atoms with Crippen molar-refractivity contribution in [2.45, 2.75) is 32.9 Å². The van der Waals surface area contributed by atoms with E-state index in [0.29, 0.717) is 6.04 Å². The topological polar surface area (TPSA) is 21.3 Å². The van der Waals surface area contributed by atoms with Crippen LogP contribution in [0.3, 0.4) is 0 Å². The molecule has 0 amide bonds. The van der Waals surface area contributed by atoms with Gasteiger partial charge in [-0.1, -0.05) is 13.8 Å². The third kappa shape index (κ3) is 5.37. The second kappa shape index (κ2) is 6.98. The molecule has 0 saturated heterocycles. The van der Waals surface area contributed by atoms with Gasteiger partial charge in [0.25, 0.3) is 0 Å². The quantitative estimate of drug-likeness (QED) is 0.703. The van der Waals surface area contributed by atoms with Gasteiger partial charge in [-0.25, -0.2) is 0 Å². The van der Waals surface area contributed by atoms with Crippen molar-refractivity contribution in [1.29, 1.82) is 0 Å². The van der Waals surface area contributed by atoms with Crippen molar-refractivity contribution in [1.82, 2.24) is 5.32 Å². The van der Waals surface area contributed by atoms with E-state index in [1.807, 2.05) is 0 Å². The van der Waals surface area contributed by atoms with Gasteiger partial charge in [0, 0.05) is 12.6 Å². The molecule has 80 valence electrons. The van der Waals surface area contributed by atoms with Gasteiger partial charge in [0.05, 0.1) is 6.61 Å². The summed E-state index contributed by atoms with van der Waals surface area (Å²) in [5.41, 5.74) is 1.28. The number of hydrogen-bond acceptors (Lipinski definition) is 3. The standard InChI is InChI=1S/C11H19NOS/c1-10(2)12-5-3-6-13-8-11-4-7-14-9-11/h4,7,9-10,12H,3,5-6,8H2,1-2H3. The molecule has 0 spiro atoms. The zero-order valence-electron chi connectivity index (χ0n) is 8.95. The molecule has 0 fully saturated rings. The van der Waals surface area contributed by atoms with E-state index in [1.165, 1.54) is 5.56 Å². The molecule has 0 aliphatic carbocycles. The van der Waals surface area contributed by atoms with Crippen LogP contribution in [-0.2, 0) is 11.3 Å². The predicted octanol–water partition coefficient (Wildman–Crippen LogP) is 2.65. The summed E-state index contributed by atoms with van der Waals surface area (Å²) in [4.78, 5) is 0. The SMILES string of the molecule is CC(C)NCCCOCc1ccsc1. The Balaban J connectivity index is 1.90. The Morgan fingerprint density at radius 1 is 1.50 bits per heavy atom. The maximum Gasteiger partial charge on any atom is 0.0724 e.